The second-order valence-corrected chi connectivity index (χ2v) is 5.76. The zero-order valence-electron chi connectivity index (χ0n) is 11.4. The number of imidazole rings is 1. The molecule has 0 saturated carbocycles. The average Bonchev–Trinajstić information content (AvgIpc) is 2.89. The molecule has 5 heteroatoms. The highest BCUT2D eigenvalue weighted by molar-refractivity contribution is 9.10. The van der Waals surface area contributed by atoms with Gasteiger partial charge in [0.2, 0.25) is 0 Å². The number of fused-ring (bicyclic) bond motifs is 1. The molecule has 1 N–H and O–H groups in total. The second-order valence-electron chi connectivity index (χ2n) is 4.90. The molecule has 3 rings (SSSR count). The molecule has 0 amide bonds. The average molecular weight is 331 g/mol. The summed E-state index contributed by atoms with van der Waals surface area (Å²) >= 11 is 3.48. The first-order valence-electron chi connectivity index (χ1n) is 6.39. The minimum atomic E-state index is 0.809. The van der Waals surface area contributed by atoms with Gasteiger partial charge >= 0.3 is 0 Å². The third-order valence-electron chi connectivity index (χ3n) is 3.33. The van der Waals surface area contributed by atoms with E-state index in [-0.39, 0.29) is 0 Å². The Hall–Kier alpha value is -1.88. The van der Waals surface area contributed by atoms with E-state index < -0.39 is 0 Å². The molecule has 0 aliphatic heterocycles. The number of hydrogen-bond acceptors (Lipinski definition) is 3. The van der Waals surface area contributed by atoms with E-state index in [4.69, 9.17) is 0 Å². The van der Waals surface area contributed by atoms with Gasteiger partial charge in [-0.25, -0.2) is 9.97 Å². The third kappa shape index (κ3) is 2.54. The van der Waals surface area contributed by atoms with Gasteiger partial charge in [-0.15, -0.1) is 0 Å². The van der Waals surface area contributed by atoms with Crippen molar-refractivity contribution < 1.29 is 0 Å². The number of nitrogens with zero attached hydrogens (tertiary/aromatic N) is 3. The van der Waals surface area contributed by atoms with E-state index in [1.807, 2.05) is 19.3 Å². The number of aryl methyl sites for hydroxylation is 1. The molecule has 2 aromatic heterocycles. The quantitative estimate of drug-likeness (QED) is 0.796. The zero-order valence-corrected chi connectivity index (χ0v) is 13.0. The predicted molar refractivity (Wildman–Crippen MR) is 84.9 cm³/mol. The Morgan fingerprint density at radius 3 is 2.90 bits per heavy atom. The van der Waals surface area contributed by atoms with Crippen molar-refractivity contribution in [1.29, 1.82) is 0 Å². The van der Waals surface area contributed by atoms with E-state index in [9.17, 15) is 0 Å². The van der Waals surface area contributed by atoms with Crippen LogP contribution in [0.25, 0.3) is 11.0 Å². The number of rotatable bonds is 3. The van der Waals surface area contributed by atoms with E-state index in [0.717, 1.165) is 27.9 Å². The highest BCUT2D eigenvalue weighted by Gasteiger charge is 2.06. The molecule has 0 fully saturated rings. The van der Waals surface area contributed by atoms with Crippen LogP contribution < -0.4 is 4.90 Å². The molecule has 0 bridgehead atoms. The van der Waals surface area contributed by atoms with Crippen molar-refractivity contribution >= 4 is 32.8 Å². The molecule has 0 spiro atoms. The summed E-state index contributed by atoms with van der Waals surface area (Å²) in [5, 5.41) is 0. The first-order valence-corrected chi connectivity index (χ1v) is 7.18. The molecule has 0 aliphatic carbocycles. The van der Waals surface area contributed by atoms with Gasteiger partial charge in [-0.05, 0) is 52.2 Å². The maximum Gasteiger partial charge on any atom is 0.128 e. The van der Waals surface area contributed by atoms with Crippen LogP contribution >= 0.6 is 15.9 Å². The number of halogens is 1. The Kier molecular flexibility index (Phi) is 3.44. The molecule has 0 unspecified atom stereocenters. The van der Waals surface area contributed by atoms with Gasteiger partial charge in [0, 0.05) is 24.3 Å². The van der Waals surface area contributed by atoms with Crippen LogP contribution in [0.4, 0.5) is 5.82 Å². The lowest BCUT2D eigenvalue weighted by Gasteiger charge is -2.19. The number of aromatic amines is 1. The number of pyridine rings is 1. The van der Waals surface area contributed by atoms with Crippen molar-refractivity contribution in [2.45, 2.75) is 13.5 Å². The molecular formula is C15H15BrN4. The summed E-state index contributed by atoms with van der Waals surface area (Å²) < 4.78 is 1.04. The fraction of sp³-hybridized carbons (Fsp3) is 0.200. The van der Waals surface area contributed by atoms with Crippen LogP contribution in [0.1, 0.15) is 11.1 Å². The monoisotopic (exact) mass is 330 g/mol. The van der Waals surface area contributed by atoms with Gasteiger partial charge < -0.3 is 9.88 Å². The van der Waals surface area contributed by atoms with Crippen molar-refractivity contribution in [1.82, 2.24) is 15.0 Å². The summed E-state index contributed by atoms with van der Waals surface area (Å²) in [7, 11) is 2.05. The van der Waals surface area contributed by atoms with Gasteiger partial charge in [-0.3, -0.25) is 0 Å². The maximum absolute atomic E-state index is 4.45. The Bertz CT molecular complexity index is 750. The molecule has 0 atom stereocenters. The van der Waals surface area contributed by atoms with Gasteiger partial charge in [0.25, 0.3) is 0 Å². The van der Waals surface area contributed by atoms with Crippen LogP contribution in [-0.4, -0.2) is 22.0 Å². The Labute approximate surface area is 126 Å². The van der Waals surface area contributed by atoms with Crippen LogP contribution in [0.3, 0.4) is 0 Å². The number of aromatic nitrogens is 3. The Balaban J connectivity index is 1.83. The summed E-state index contributed by atoms with van der Waals surface area (Å²) in [6.45, 7) is 2.88. The second kappa shape index (κ2) is 5.25. The van der Waals surface area contributed by atoms with Gasteiger partial charge in [0.1, 0.15) is 5.82 Å². The maximum atomic E-state index is 4.45. The van der Waals surface area contributed by atoms with Crippen LogP contribution in [0.15, 0.2) is 41.3 Å². The van der Waals surface area contributed by atoms with Crippen molar-refractivity contribution in [3.63, 3.8) is 0 Å². The van der Waals surface area contributed by atoms with Crippen molar-refractivity contribution in [3.8, 4) is 0 Å². The van der Waals surface area contributed by atoms with Gasteiger partial charge in [0.05, 0.1) is 17.4 Å². The zero-order chi connectivity index (χ0) is 14.1. The Morgan fingerprint density at radius 2 is 2.10 bits per heavy atom. The van der Waals surface area contributed by atoms with Crippen LogP contribution in [-0.2, 0) is 6.54 Å². The van der Waals surface area contributed by atoms with E-state index in [2.05, 4.69) is 60.9 Å². The molecule has 0 aliphatic rings. The molecular weight excluding hydrogens is 316 g/mol. The fourth-order valence-electron chi connectivity index (χ4n) is 2.17. The fourth-order valence-corrected chi connectivity index (χ4v) is 2.39. The van der Waals surface area contributed by atoms with Crippen LogP contribution in [0, 0.1) is 6.92 Å². The Morgan fingerprint density at radius 1 is 1.25 bits per heavy atom. The van der Waals surface area contributed by atoms with E-state index in [0.29, 0.717) is 0 Å². The van der Waals surface area contributed by atoms with Gasteiger partial charge in [-0.1, -0.05) is 6.07 Å². The largest absolute Gasteiger partial charge is 0.355 e. The van der Waals surface area contributed by atoms with Crippen LogP contribution in [0.2, 0.25) is 0 Å². The van der Waals surface area contributed by atoms with Crippen molar-refractivity contribution in [3.05, 3.63) is 52.4 Å². The lowest BCUT2D eigenvalue weighted by Crippen LogP contribution is -2.17. The molecule has 3 aromatic rings. The summed E-state index contributed by atoms with van der Waals surface area (Å²) in [6, 6.07) is 8.35. The van der Waals surface area contributed by atoms with Crippen molar-refractivity contribution in [2.75, 3.05) is 11.9 Å². The molecule has 102 valence electrons. The molecule has 20 heavy (non-hydrogen) atoms. The van der Waals surface area contributed by atoms with E-state index in [1.54, 1.807) is 6.33 Å². The van der Waals surface area contributed by atoms with E-state index in [1.165, 1.54) is 11.1 Å². The van der Waals surface area contributed by atoms with Gasteiger partial charge in [0.15, 0.2) is 0 Å². The van der Waals surface area contributed by atoms with Crippen molar-refractivity contribution in [2.24, 2.45) is 0 Å². The highest BCUT2D eigenvalue weighted by atomic mass is 79.9. The smallest absolute Gasteiger partial charge is 0.128 e. The summed E-state index contributed by atoms with van der Waals surface area (Å²) in [5.74, 6) is 0.968. The standard InChI is InChI=1S/C15H15BrN4/c1-10-5-15(17-7-12(10)16)20(2)8-11-3-4-13-14(6-11)19-9-18-13/h3-7,9H,8H2,1-2H3,(H,18,19). The summed E-state index contributed by atoms with van der Waals surface area (Å²) in [5.41, 5.74) is 4.47. The molecule has 4 nitrogen and oxygen atoms in total. The highest BCUT2D eigenvalue weighted by Crippen LogP contribution is 2.21. The minimum absolute atomic E-state index is 0.809. The first kappa shape index (κ1) is 13.1. The van der Waals surface area contributed by atoms with Gasteiger partial charge in [-0.2, -0.15) is 0 Å². The predicted octanol–water partition coefficient (Wildman–Crippen LogP) is 3.67. The normalized spacial score (nSPS) is 10.9. The number of anilines is 1. The summed E-state index contributed by atoms with van der Waals surface area (Å²) in [4.78, 5) is 14.0. The summed E-state index contributed by atoms with van der Waals surface area (Å²) in [6.07, 6.45) is 3.57. The lowest BCUT2D eigenvalue weighted by molar-refractivity contribution is 0.896. The number of benzene rings is 1. The number of nitrogens with one attached hydrogen (secondary N) is 1. The lowest BCUT2D eigenvalue weighted by atomic mass is 10.2. The van der Waals surface area contributed by atoms with E-state index >= 15 is 0 Å². The molecule has 0 saturated heterocycles. The molecule has 2 heterocycles. The SMILES string of the molecule is Cc1cc(N(C)Cc2ccc3nc[nH]c3c2)ncc1Br. The number of H-pyrrole nitrogens is 1. The first-order chi connectivity index (χ1) is 9.63. The topological polar surface area (TPSA) is 44.8 Å². The van der Waals surface area contributed by atoms with Crippen LogP contribution in [0.5, 0.6) is 0 Å². The minimum Gasteiger partial charge on any atom is -0.355 e. The molecule has 1 aromatic carbocycles. The number of hydrogen-bond donors (Lipinski definition) is 1. The third-order valence-corrected chi connectivity index (χ3v) is 4.16. The molecule has 0 radical (unpaired) electrons.